The minimum Gasteiger partial charge on any atom is -0.497 e. The molecule has 3 aromatic rings. The first kappa shape index (κ1) is 26.3. The maximum atomic E-state index is 13.5. The van der Waals surface area contributed by atoms with Crippen LogP contribution in [0.15, 0.2) is 54.7 Å². The number of hydrogen-bond donors (Lipinski definition) is 1. The van der Waals surface area contributed by atoms with Crippen molar-refractivity contribution in [1.82, 2.24) is 14.7 Å². The van der Waals surface area contributed by atoms with Gasteiger partial charge in [0.05, 0.1) is 30.3 Å². The van der Waals surface area contributed by atoms with E-state index in [2.05, 4.69) is 17.3 Å². The molecule has 0 saturated carbocycles. The third kappa shape index (κ3) is 6.31. The van der Waals surface area contributed by atoms with E-state index in [0.29, 0.717) is 31.5 Å². The van der Waals surface area contributed by atoms with Crippen molar-refractivity contribution in [2.45, 2.75) is 58.5 Å². The molecular weight excluding hydrogens is 468 g/mol. The minimum atomic E-state index is -0.540. The van der Waals surface area contributed by atoms with E-state index in [-0.39, 0.29) is 17.9 Å². The van der Waals surface area contributed by atoms with Crippen LogP contribution in [0, 0.1) is 0 Å². The first-order chi connectivity index (χ1) is 17.7. The second-order valence-electron chi connectivity index (χ2n) is 10.3. The van der Waals surface area contributed by atoms with E-state index in [4.69, 9.17) is 9.47 Å². The van der Waals surface area contributed by atoms with E-state index in [0.717, 1.165) is 34.8 Å². The number of ether oxygens (including phenoxy) is 2. The number of aryl methyl sites for hydroxylation is 1. The largest absolute Gasteiger partial charge is 0.497 e. The molecular formula is C29H36N4O4. The first-order valence-corrected chi connectivity index (χ1v) is 12.8. The second-order valence-corrected chi connectivity index (χ2v) is 10.3. The number of rotatable bonds is 6. The van der Waals surface area contributed by atoms with Gasteiger partial charge in [-0.15, -0.1) is 0 Å². The molecule has 37 heavy (non-hydrogen) atoms. The number of piperidine rings is 1. The van der Waals surface area contributed by atoms with Gasteiger partial charge in [-0.1, -0.05) is 19.1 Å². The molecule has 0 atom stereocenters. The Labute approximate surface area is 218 Å². The normalized spacial score (nSPS) is 14.4. The summed E-state index contributed by atoms with van der Waals surface area (Å²) in [6.45, 7) is 8.78. The third-order valence-corrected chi connectivity index (χ3v) is 6.49. The van der Waals surface area contributed by atoms with Gasteiger partial charge in [-0.25, -0.2) is 9.48 Å². The van der Waals surface area contributed by atoms with Gasteiger partial charge in [0.1, 0.15) is 11.4 Å². The number of methoxy groups -OCH3 is 1. The number of carbonyl (C=O) groups is 2. The van der Waals surface area contributed by atoms with Crippen molar-refractivity contribution in [3.8, 4) is 11.4 Å². The van der Waals surface area contributed by atoms with Gasteiger partial charge in [-0.3, -0.25) is 4.79 Å². The van der Waals surface area contributed by atoms with Crippen molar-refractivity contribution in [3.63, 3.8) is 0 Å². The lowest BCUT2D eigenvalue weighted by Gasteiger charge is -2.34. The Kier molecular flexibility index (Phi) is 7.86. The van der Waals surface area contributed by atoms with Gasteiger partial charge in [0.15, 0.2) is 0 Å². The van der Waals surface area contributed by atoms with Crippen LogP contribution in [0.2, 0.25) is 0 Å². The van der Waals surface area contributed by atoms with Crippen LogP contribution in [0.5, 0.6) is 5.75 Å². The average Bonchev–Trinajstić information content (AvgIpc) is 3.33. The van der Waals surface area contributed by atoms with Crippen molar-refractivity contribution < 1.29 is 19.1 Å². The Hall–Kier alpha value is -3.81. The van der Waals surface area contributed by atoms with Gasteiger partial charge in [0.25, 0.3) is 5.91 Å². The molecule has 1 aromatic heterocycles. The molecule has 2 aromatic carbocycles. The molecule has 1 N–H and O–H groups in total. The predicted molar refractivity (Wildman–Crippen MR) is 144 cm³/mol. The van der Waals surface area contributed by atoms with Crippen LogP contribution in [-0.2, 0) is 11.2 Å². The van der Waals surface area contributed by atoms with E-state index in [1.54, 1.807) is 18.2 Å². The number of nitrogens with zero attached hydrogens (tertiary/aromatic N) is 3. The zero-order valence-electron chi connectivity index (χ0n) is 22.3. The predicted octanol–water partition coefficient (Wildman–Crippen LogP) is 5.81. The average molecular weight is 505 g/mol. The Bertz CT molecular complexity index is 1240. The molecule has 1 fully saturated rings. The summed E-state index contributed by atoms with van der Waals surface area (Å²) < 4.78 is 12.7. The zero-order chi connectivity index (χ0) is 26.6. The number of carbonyl (C=O) groups excluding carboxylic acids is 2. The van der Waals surface area contributed by atoms with Gasteiger partial charge in [0, 0.05) is 24.7 Å². The van der Waals surface area contributed by atoms with E-state index in [1.165, 1.54) is 0 Å². The van der Waals surface area contributed by atoms with Gasteiger partial charge in [-0.2, -0.15) is 5.10 Å². The van der Waals surface area contributed by atoms with Crippen LogP contribution in [0.4, 0.5) is 10.5 Å². The molecule has 4 rings (SSSR count). The van der Waals surface area contributed by atoms with Gasteiger partial charge < -0.3 is 19.7 Å². The molecule has 2 heterocycles. The smallest absolute Gasteiger partial charge is 0.410 e. The maximum Gasteiger partial charge on any atom is 0.410 e. The highest BCUT2D eigenvalue weighted by atomic mass is 16.6. The number of benzene rings is 2. The zero-order valence-corrected chi connectivity index (χ0v) is 22.3. The lowest BCUT2D eigenvalue weighted by atomic mass is 9.90. The lowest BCUT2D eigenvalue weighted by molar-refractivity contribution is 0.0203. The lowest BCUT2D eigenvalue weighted by Crippen LogP contribution is -2.41. The summed E-state index contributed by atoms with van der Waals surface area (Å²) in [5.41, 5.74) is 3.60. The maximum absolute atomic E-state index is 13.5. The van der Waals surface area contributed by atoms with Crippen molar-refractivity contribution in [3.05, 3.63) is 71.5 Å². The number of aromatic nitrogens is 2. The van der Waals surface area contributed by atoms with E-state index in [1.807, 2.05) is 74.0 Å². The molecule has 8 nitrogen and oxygen atoms in total. The summed E-state index contributed by atoms with van der Waals surface area (Å²) in [6.07, 6.45) is 3.63. The number of nitrogens with one attached hydrogen (secondary N) is 1. The van der Waals surface area contributed by atoms with E-state index < -0.39 is 5.60 Å². The topological polar surface area (TPSA) is 85.7 Å². The molecule has 8 heteroatoms. The number of hydrogen-bond acceptors (Lipinski definition) is 5. The summed E-state index contributed by atoms with van der Waals surface area (Å²) in [4.78, 5) is 27.8. The fourth-order valence-electron chi connectivity index (χ4n) is 4.58. The van der Waals surface area contributed by atoms with E-state index >= 15 is 0 Å². The van der Waals surface area contributed by atoms with Crippen LogP contribution in [0.25, 0.3) is 5.69 Å². The molecule has 1 saturated heterocycles. The fourth-order valence-corrected chi connectivity index (χ4v) is 4.58. The van der Waals surface area contributed by atoms with Crippen molar-refractivity contribution in [2.75, 3.05) is 25.5 Å². The minimum absolute atomic E-state index is 0.0472. The Morgan fingerprint density at radius 3 is 2.41 bits per heavy atom. The summed E-state index contributed by atoms with van der Waals surface area (Å²) in [5, 5.41) is 7.68. The number of amides is 2. The summed E-state index contributed by atoms with van der Waals surface area (Å²) in [7, 11) is 1.63. The quantitative estimate of drug-likeness (QED) is 0.458. The van der Waals surface area contributed by atoms with Crippen LogP contribution in [-0.4, -0.2) is 52.5 Å². The molecule has 196 valence electrons. The standard InChI is InChI=1S/C29H36N4O4/c1-6-20-8-7-9-22(18-20)31-27(34)25-19-30-33(23-10-12-24(36-5)13-11-23)26(25)21-14-16-32(17-15-21)28(35)37-29(2,3)4/h7-13,18-19,21H,6,14-17H2,1-5H3,(H,31,34). The van der Waals surface area contributed by atoms with Crippen molar-refractivity contribution in [2.24, 2.45) is 0 Å². The summed E-state index contributed by atoms with van der Waals surface area (Å²) in [5.74, 6) is 0.598. The number of anilines is 1. The Balaban J connectivity index is 1.62. The Morgan fingerprint density at radius 1 is 1.08 bits per heavy atom. The second kappa shape index (κ2) is 11.1. The fraction of sp³-hybridized carbons (Fsp3) is 0.414. The van der Waals surface area contributed by atoms with Crippen LogP contribution in [0.3, 0.4) is 0 Å². The molecule has 0 bridgehead atoms. The highest BCUT2D eigenvalue weighted by Gasteiger charge is 2.32. The SMILES string of the molecule is CCc1cccc(NC(=O)c2cnn(-c3ccc(OC)cc3)c2C2CCN(C(=O)OC(C)(C)C)CC2)c1. The molecule has 0 aliphatic carbocycles. The summed E-state index contributed by atoms with van der Waals surface area (Å²) in [6, 6.07) is 15.5. The summed E-state index contributed by atoms with van der Waals surface area (Å²) >= 11 is 0. The van der Waals surface area contributed by atoms with Gasteiger partial charge in [-0.05, 0) is 82.0 Å². The third-order valence-electron chi connectivity index (χ3n) is 6.49. The van der Waals surface area contributed by atoms with Crippen molar-refractivity contribution >= 4 is 17.7 Å². The van der Waals surface area contributed by atoms with Crippen LogP contribution in [0.1, 0.15) is 68.1 Å². The highest BCUT2D eigenvalue weighted by molar-refractivity contribution is 6.05. The van der Waals surface area contributed by atoms with Gasteiger partial charge in [0.2, 0.25) is 0 Å². The monoisotopic (exact) mass is 504 g/mol. The molecule has 1 aliphatic heterocycles. The molecule has 1 aliphatic rings. The van der Waals surface area contributed by atoms with Crippen molar-refractivity contribution in [1.29, 1.82) is 0 Å². The van der Waals surface area contributed by atoms with E-state index in [9.17, 15) is 9.59 Å². The highest BCUT2D eigenvalue weighted by Crippen LogP contribution is 2.33. The Morgan fingerprint density at radius 2 is 1.78 bits per heavy atom. The number of likely N-dealkylation sites (tertiary alicyclic amines) is 1. The van der Waals surface area contributed by atoms with Crippen LogP contribution < -0.4 is 10.1 Å². The van der Waals surface area contributed by atoms with Gasteiger partial charge >= 0.3 is 6.09 Å². The first-order valence-electron chi connectivity index (χ1n) is 12.8. The molecule has 0 radical (unpaired) electrons. The molecule has 0 unspecified atom stereocenters. The van der Waals surface area contributed by atoms with Crippen LogP contribution >= 0.6 is 0 Å². The molecule has 0 spiro atoms. The molecule has 2 amide bonds.